The molecule has 1 atom stereocenters. The van der Waals surface area contributed by atoms with Crippen molar-refractivity contribution in [2.75, 3.05) is 26.3 Å². The first-order chi connectivity index (χ1) is 7.68. The van der Waals surface area contributed by atoms with Crippen molar-refractivity contribution >= 4 is 0 Å². The summed E-state index contributed by atoms with van der Waals surface area (Å²) in [6.07, 6.45) is 6.63. The van der Waals surface area contributed by atoms with Crippen LogP contribution in [0.15, 0.2) is 0 Å². The van der Waals surface area contributed by atoms with Crippen molar-refractivity contribution in [1.82, 2.24) is 5.32 Å². The maximum atomic E-state index is 5.70. The van der Waals surface area contributed by atoms with Gasteiger partial charge in [-0.1, -0.05) is 33.6 Å². The fraction of sp³-hybridized carbons (Fsp3) is 1.00. The average molecular weight is 227 g/mol. The Kier molecular flexibility index (Phi) is 6.37. The van der Waals surface area contributed by atoms with Gasteiger partial charge in [-0.2, -0.15) is 0 Å². The van der Waals surface area contributed by atoms with Gasteiger partial charge in [-0.25, -0.2) is 0 Å². The molecule has 0 spiro atoms. The molecule has 0 saturated carbocycles. The van der Waals surface area contributed by atoms with Crippen LogP contribution in [0, 0.1) is 11.3 Å². The molecule has 1 N–H and O–H groups in total. The molecule has 1 saturated heterocycles. The predicted molar refractivity (Wildman–Crippen MR) is 69.7 cm³/mol. The van der Waals surface area contributed by atoms with Gasteiger partial charge in [0.2, 0.25) is 0 Å². The highest BCUT2D eigenvalue weighted by molar-refractivity contribution is 4.84. The molecule has 96 valence electrons. The molecule has 0 aromatic heterocycles. The zero-order valence-electron chi connectivity index (χ0n) is 11.3. The Hall–Kier alpha value is -0.0800. The highest BCUT2D eigenvalue weighted by Gasteiger charge is 2.31. The second-order valence-electron chi connectivity index (χ2n) is 5.72. The Bertz CT molecular complexity index is 174. The Morgan fingerprint density at radius 3 is 2.75 bits per heavy atom. The lowest BCUT2D eigenvalue weighted by molar-refractivity contribution is -0.0134. The summed E-state index contributed by atoms with van der Waals surface area (Å²) in [4.78, 5) is 0. The van der Waals surface area contributed by atoms with Gasteiger partial charge in [0.15, 0.2) is 0 Å². The van der Waals surface area contributed by atoms with E-state index in [1.165, 1.54) is 32.1 Å². The zero-order valence-corrected chi connectivity index (χ0v) is 11.3. The highest BCUT2D eigenvalue weighted by atomic mass is 16.5. The Balaban J connectivity index is 2.36. The van der Waals surface area contributed by atoms with Crippen LogP contribution >= 0.6 is 0 Å². The van der Waals surface area contributed by atoms with Gasteiger partial charge in [-0.3, -0.25) is 0 Å². The number of nitrogens with one attached hydrogen (secondary N) is 1. The summed E-state index contributed by atoms with van der Waals surface area (Å²) < 4.78 is 5.70. The van der Waals surface area contributed by atoms with E-state index in [9.17, 15) is 0 Å². The maximum Gasteiger partial charge on any atom is 0.0534 e. The number of ether oxygens (including phenoxy) is 1. The van der Waals surface area contributed by atoms with Gasteiger partial charge < -0.3 is 10.1 Å². The van der Waals surface area contributed by atoms with Crippen LogP contribution in [0.3, 0.4) is 0 Å². The highest BCUT2D eigenvalue weighted by Crippen LogP contribution is 2.33. The smallest absolute Gasteiger partial charge is 0.0534 e. The van der Waals surface area contributed by atoms with Gasteiger partial charge in [0.1, 0.15) is 0 Å². The van der Waals surface area contributed by atoms with Crippen LogP contribution in [0.4, 0.5) is 0 Å². The van der Waals surface area contributed by atoms with Crippen LogP contribution in [0.1, 0.15) is 52.9 Å². The number of rotatable bonds is 7. The van der Waals surface area contributed by atoms with E-state index in [0.29, 0.717) is 5.41 Å². The molecule has 16 heavy (non-hydrogen) atoms. The van der Waals surface area contributed by atoms with Crippen LogP contribution in [-0.4, -0.2) is 26.3 Å². The van der Waals surface area contributed by atoms with E-state index in [2.05, 4.69) is 26.1 Å². The van der Waals surface area contributed by atoms with Crippen molar-refractivity contribution in [3.05, 3.63) is 0 Å². The molecule has 0 radical (unpaired) electrons. The van der Waals surface area contributed by atoms with Crippen molar-refractivity contribution in [3.8, 4) is 0 Å². The van der Waals surface area contributed by atoms with Crippen LogP contribution in [0.2, 0.25) is 0 Å². The average Bonchev–Trinajstić information content (AvgIpc) is 2.27. The summed E-state index contributed by atoms with van der Waals surface area (Å²) in [6, 6.07) is 0. The Morgan fingerprint density at radius 1 is 1.38 bits per heavy atom. The van der Waals surface area contributed by atoms with Crippen molar-refractivity contribution in [2.24, 2.45) is 11.3 Å². The molecule has 1 heterocycles. The lowest BCUT2D eigenvalue weighted by Gasteiger charge is -2.37. The summed E-state index contributed by atoms with van der Waals surface area (Å²) >= 11 is 0. The summed E-state index contributed by atoms with van der Waals surface area (Å²) in [5, 5.41) is 3.52. The molecule has 2 nitrogen and oxygen atoms in total. The van der Waals surface area contributed by atoms with Gasteiger partial charge >= 0.3 is 0 Å². The summed E-state index contributed by atoms with van der Waals surface area (Å²) in [6.45, 7) is 11.0. The minimum absolute atomic E-state index is 0.434. The lowest BCUT2D eigenvalue weighted by Crippen LogP contribution is -2.41. The van der Waals surface area contributed by atoms with Gasteiger partial charge in [-0.05, 0) is 31.7 Å². The van der Waals surface area contributed by atoms with E-state index in [1.54, 1.807) is 0 Å². The van der Waals surface area contributed by atoms with Gasteiger partial charge in [-0.15, -0.1) is 0 Å². The topological polar surface area (TPSA) is 21.3 Å². The molecule has 0 aromatic carbocycles. The minimum Gasteiger partial charge on any atom is -0.381 e. The number of hydrogen-bond acceptors (Lipinski definition) is 2. The normalized spacial score (nSPS) is 26.2. The van der Waals surface area contributed by atoms with E-state index in [0.717, 1.165) is 32.2 Å². The third-order valence-electron chi connectivity index (χ3n) is 3.64. The first-order valence-corrected chi connectivity index (χ1v) is 6.97. The van der Waals surface area contributed by atoms with Crippen LogP contribution in [0.5, 0.6) is 0 Å². The fourth-order valence-electron chi connectivity index (χ4n) is 2.61. The van der Waals surface area contributed by atoms with Crippen molar-refractivity contribution in [1.29, 1.82) is 0 Å². The standard InChI is InChI=1S/C14H29NO/c1-4-15-11-14(8-5-7-13(2)3)9-6-10-16-12-14/h13,15H,4-12H2,1-3H3. The van der Waals surface area contributed by atoms with Crippen molar-refractivity contribution < 1.29 is 4.74 Å². The van der Waals surface area contributed by atoms with Gasteiger partial charge in [0.25, 0.3) is 0 Å². The molecule has 0 aliphatic carbocycles. The molecule has 1 rings (SSSR count). The molecule has 0 aromatic rings. The minimum atomic E-state index is 0.434. The fourth-order valence-corrected chi connectivity index (χ4v) is 2.61. The molecule has 1 aliphatic heterocycles. The number of hydrogen-bond donors (Lipinski definition) is 1. The first-order valence-electron chi connectivity index (χ1n) is 6.97. The van der Waals surface area contributed by atoms with E-state index in [1.807, 2.05) is 0 Å². The van der Waals surface area contributed by atoms with Crippen LogP contribution < -0.4 is 5.32 Å². The molecule has 1 unspecified atom stereocenters. The van der Waals surface area contributed by atoms with E-state index < -0.39 is 0 Å². The Labute approximate surface area is 101 Å². The summed E-state index contributed by atoms with van der Waals surface area (Å²) in [7, 11) is 0. The summed E-state index contributed by atoms with van der Waals surface area (Å²) in [5.74, 6) is 0.834. The second kappa shape index (κ2) is 7.29. The molecular formula is C14H29NO. The van der Waals surface area contributed by atoms with Crippen molar-refractivity contribution in [2.45, 2.75) is 52.9 Å². The predicted octanol–water partition coefficient (Wildman–Crippen LogP) is 3.22. The molecule has 1 fully saturated rings. The third kappa shape index (κ3) is 4.84. The zero-order chi connectivity index (χ0) is 11.9. The molecular weight excluding hydrogens is 198 g/mol. The van der Waals surface area contributed by atoms with Crippen LogP contribution in [0.25, 0.3) is 0 Å². The largest absolute Gasteiger partial charge is 0.381 e. The second-order valence-corrected chi connectivity index (χ2v) is 5.72. The maximum absolute atomic E-state index is 5.70. The van der Waals surface area contributed by atoms with E-state index in [-0.39, 0.29) is 0 Å². The summed E-state index contributed by atoms with van der Waals surface area (Å²) in [5.41, 5.74) is 0.434. The van der Waals surface area contributed by atoms with Gasteiger partial charge in [0.05, 0.1) is 6.61 Å². The molecule has 0 bridgehead atoms. The first kappa shape index (κ1) is 14.0. The molecule has 2 heteroatoms. The molecule has 0 amide bonds. The third-order valence-corrected chi connectivity index (χ3v) is 3.64. The van der Waals surface area contributed by atoms with E-state index >= 15 is 0 Å². The monoisotopic (exact) mass is 227 g/mol. The van der Waals surface area contributed by atoms with Crippen LogP contribution in [-0.2, 0) is 4.74 Å². The SMILES string of the molecule is CCNCC1(CCCC(C)C)CCCOC1. The quantitative estimate of drug-likeness (QED) is 0.721. The van der Waals surface area contributed by atoms with Gasteiger partial charge in [0, 0.05) is 18.6 Å². The molecule has 1 aliphatic rings. The van der Waals surface area contributed by atoms with Crippen molar-refractivity contribution in [3.63, 3.8) is 0 Å². The van der Waals surface area contributed by atoms with E-state index in [4.69, 9.17) is 4.74 Å². The lowest BCUT2D eigenvalue weighted by atomic mass is 9.77. The Morgan fingerprint density at radius 2 is 2.19 bits per heavy atom.